The first-order chi connectivity index (χ1) is 9.15. The summed E-state index contributed by atoms with van der Waals surface area (Å²) < 4.78 is 7.87. The number of aliphatic hydroxyl groups is 1. The lowest BCUT2D eigenvalue weighted by Crippen LogP contribution is -2.24. The molecule has 5 heteroatoms. The standard InChI is InChI=1S/C14H23ClN2O2/c1-3-12-14(15)13(17(4-2)16-12)9-19-11-7-5-10(18)6-8-11/h10-11,18H,3-9H2,1-2H3. The van der Waals surface area contributed by atoms with E-state index in [0.717, 1.165) is 55.1 Å². The molecular formula is C14H23ClN2O2. The van der Waals surface area contributed by atoms with Crippen LogP contribution in [0.15, 0.2) is 0 Å². The molecule has 0 saturated heterocycles. The van der Waals surface area contributed by atoms with Crippen LogP contribution < -0.4 is 0 Å². The second-order valence-electron chi connectivity index (χ2n) is 5.12. The Labute approximate surface area is 119 Å². The summed E-state index contributed by atoms with van der Waals surface area (Å²) in [6, 6.07) is 0. The summed E-state index contributed by atoms with van der Waals surface area (Å²) in [5.74, 6) is 0. The van der Waals surface area contributed by atoms with Crippen LogP contribution in [0.4, 0.5) is 0 Å². The largest absolute Gasteiger partial charge is 0.393 e. The Hall–Kier alpha value is -0.580. The van der Waals surface area contributed by atoms with Crippen LogP contribution in [-0.4, -0.2) is 27.1 Å². The minimum Gasteiger partial charge on any atom is -0.393 e. The van der Waals surface area contributed by atoms with Crippen molar-refractivity contribution in [1.82, 2.24) is 9.78 Å². The lowest BCUT2D eigenvalue weighted by molar-refractivity contribution is -0.0141. The second-order valence-corrected chi connectivity index (χ2v) is 5.50. The van der Waals surface area contributed by atoms with E-state index in [1.807, 2.05) is 4.68 Å². The van der Waals surface area contributed by atoms with Gasteiger partial charge in [-0.3, -0.25) is 4.68 Å². The minimum absolute atomic E-state index is 0.142. The highest BCUT2D eigenvalue weighted by molar-refractivity contribution is 6.31. The molecule has 1 aromatic heterocycles. The Morgan fingerprint density at radius 2 is 2.00 bits per heavy atom. The van der Waals surface area contributed by atoms with Gasteiger partial charge in [0.1, 0.15) is 0 Å². The zero-order valence-electron chi connectivity index (χ0n) is 11.7. The normalized spacial score (nSPS) is 23.8. The lowest BCUT2D eigenvalue weighted by Gasteiger charge is -2.25. The van der Waals surface area contributed by atoms with Crippen molar-refractivity contribution in [2.45, 2.75) is 71.3 Å². The number of hydrogen-bond acceptors (Lipinski definition) is 3. The highest BCUT2D eigenvalue weighted by atomic mass is 35.5. The van der Waals surface area contributed by atoms with Gasteiger partial charge in [-0.1, -0.05) is 18.5 Å². The summed E-state index contributed by atoms with van der Waals surface area (Å²) in [6.07, 6.45) is 4.48. The van der Waals surface area contributed by atoms with Crippen molar-refractivity contribution in [2.24, 2.45) is 0 Å². The topological polar surface area (TPSA) is 47.3 Å². The van der Waals surface area contributed by atoms with Gasteiger partial charge < -0.3 is 9.84 Å². The van der Waals surface area contributed by atoms with Gasteiger partial charge in [-0.15, -0.1) is 0 Å². The third kappa shape index (κ3) is 3.50. The fourth-order valence-electron chi connectivity index (χ4n) is 2.56. The summed E-state index contributed by atoms with van der Waals surface area (Å²) in [4.78, 5) is 0. The maximum absolute atomic E-state index is 9.48. The van der Waals surface area contributed by atoms with Gasteiger partial charge in [0.05, 0.1) is 35.2 Å². The molecule has 4 nitrogen and oxygen atoms in total. The predicted octanol–water partition coefficient (Wildman–Crippen LogP) is 2.94. The molecule has 0 aromatic carbocycles. The fraction of sp³-hybridized carbons (Fsp3) is 0.786. The van der Waals surface area contributed by atoms with E-state index < -0.39 is 0 Å². The molecule has 0 radical (unpaired) electrons. The molecule has 19 heavy (non-hydrogen) atoms. The van der Waals surface area contributed by atoms with E-state index in [1.54, 1.807) is 0 Å². The van der Waals surface area contributed by atoms with Gasteiger partial charge in [-0.25, -0.2) is 0 Å². The number of aryl methyl sites for hydroxylation is 2. The van der Waals surface area contributed by atoms with Gasteiger partial charge in [0.25, 0.3) is 0 Å². The van der Waals surface area contributed by atoms with Crippen molar-refractivity contribution in [3.63, 3.8) is 0 Å². The SMILES string of the molecule is CCc1nn(CC)c(COC2CCC(O)CC2)c1Cl. The number of aromatic nitrogens is 2. The molecule has 1 heterocycles. The average Bonchev–Trinajstić information content (AvgIpc) is 2.74. The number of halogens is 1. The summed E-state index contributed by atoms with van der Waals surface area (Å²) in [6.45, 7) is 5.44. The number of ether oxygens (including phenoxy) is 1. The summed E-state index contributed by atoms with van der Waals surface area (Å²) in [5.41, 5.74) is 1.92. The molecule has 2 rings (SSSR count). The highest BCUT2D eigenvalue weighted by Gasteiger charge is 2.21. The molecule has 108 valence electrons. The fourth-order valence-corrected chi connectivity index (χ4v) is 2.89. The van der Waals surface area contributed by atoms with Crippen molar-refractivity contribution >= 4 is 11.6 Å². The monoisotopic (exact) mass is 286 g/mol. The molecule has 1 N–H and O–H groups in total. The Kier molecular flexibility index (Phi) is 5.25. The summed E-state index contributed by atoms with van der Waals surface area (Å²) in [5, 5.41) is 14.7. The Morgan fingerprint density at radius 3 is 2.58 bits per heavy atom. The van der Waals surface area contributed by atoms with E-state index in [0.29, 0.717) is 6.61 Å². The van der Waals surface area contributed by atoms with E-state index in [-0.39, 0.29) is 12.2 Å². The van der Waals surface area contributed by atoms with Crippen LogP contribution in [0.1, 0.15) is 50.9 Å². The zero-order valence-corrected chi connectivity index (χ0v) is 12.5. The first-order valence-corrected chi connectivity index (χ1v) is 7.57. The van der Waals surface area contributed by atoms with Crippen molar-refractivity contribution in [2.75, 3.05) is 0 Å². The molecule has 0 amide bonds. The molecule has 0 aliphatic heterocycles. The molecule has 1 aliphatic carbocycles. The molecule has 0 unspecified atom stereocenters. The number of rotatable bonds is 5. The van der Waals surface area contributed by atoms with Gasteiger partial charge in [-0.05, 0) is 39.0 Å². The second kappa shape index (κ2) is 6.73. The first-order valence-electron chi connectivity index (χ1n) is 7.19. The van der Waals surface area contributed by atoms with Crippen molar-refractivity contribution in [1.29, 1.82) is 0 Å². The van der Waals surface area contributed by atoms with Crippen LogP contribution in [0.2, 0.25) is 5.02 Å². The van der Waals surface area contributed by atoms with Gasteiger partial charge in [0.2, 0.25) is 0 Å². The predicted molar refractivity (Wildman–Crippen MR) is 75.3 cm³/mol. The van der Waals surface area contributed by atoms with Gasteiger partial charge in [-0.2, -0.15) is 5.10 Å². The van der Waals surface area contributed by atoms with Crippen LogP contribution in [0.5, 0.6) is 0 Å². The van der Waals surface area contributed by atoms with Crippen LogP contribution in [0.25, 0.3) is 0 Å². The third-order valence-electron chi connectivity index (χ3n) is 3.79. The molecule has 1 fully saturated rings. The number of nitrogens with zero attached hydrogens (tertiary/aromatic N) is 2. The Balaban J connectivity index is 1.97. The first kappa shape index (κ1) is 14.8. The van der Waals surface area contributed by atoms with Crippen LogP contribution in [0.3, 0.4) is 0 Å². The summed E-state index contributed by atoms with van der Waals surface area (Å²) >= 11 is 6.35. The maximum atomic E-state index is 9.48. The molecule has 0 atom stereocenters. The number of hydrogen-bond donors (Lipinski definition) is 1. The lowest BCUT2D eigenvalue weighted by atomic mass is 9.95. The van der Waals surface area contributed by atoms with Crippen LogP contribution >= 0.6 is 11.6 Å². The van der Waals surface area contributed by atoms with E-state index in [1.165, 1.54) is 0 Å². The van der Waals surface area contributed by atoms with Crippen LogP contribution in [0, 0.1) is 0 Å². The Bertz CT molecular complexity index is 412. The molecule has 1 aliphatic rings. The molecule has 0 bridgehead atoms. The van der Waals surface area contributed by atoms with Crippen molar-refractivity contribution in [3.05, 3.63) is 16.4 Å². The smallest absolute Gasteiger partial charge is 0.0903 e. The van der Waals surface area contributed by atoms with Crippen molar-refractivity contribution < 1.29 is 9.84 Å². The van der Waals surface area contributed by atoms with E-state index in [9.17, 15) is 5.11 Å². The van der Waals surface area contributed by atoms with Gasteiger partial charge in [0.15, 0.2) is 0 Å². The van der Waals surface area contributed by atoms with Crippen molar-refractivity contribution in [3.8, 4) is 0 Å². The Morgan fingerprint density at radius 1 is 1.32 bits per heavy atom. The quantitative estimate of drug-likeness (QED) is 0.905. The minimum atomic E-state index is -0.142. The maximum Gasteiger partial charge on any atom is 0.0903 e. The van der Waals surface area contributed by atoms with E-state index >= 15 is 0 Å². The third-order valence-corrected chi connectivity index (χ3v) is 4.23. The molecule has 1 saturated carbocycles. The molecule has 1 aromatic rings. The summed E-state index contributed by atoms with van der Waals surface area (Å²) in [7, 11) is 0. The van der Waals surface area contributed by atoms with Gasteiger partial charge in [0, 0.05) is 6.54 Å². The van der Waals surface area contributed by atoms with E-state index in [2.05, 4.69) is 18.9 Å². The highest BCUT2D eigenvalue weighted by Crippen LogP contribution is 2.26. The molecule has 0 spiro atoms. The molecular weight excluding hydrogens is 264 g/mol. The average molecular weight is 287 g/mol. The number of aliphatic hydroxyl groups excluding tert-OH is 1. The van der Waals surface area contributed by atoms with Crippen LogP contribution in [-0.2, 0) is 24.3 Å². The van der Waals surface area contributed by atoms with Gasteiger partial charge >= 0.3 is 0 Å². The van der Waals surface area contributed by atoms with E-state index in [4.69, 9.17) is 16.3 Å². The zero-order chi connectivity index (χ0) is 13.8.